The lowest BCUT2D eigenvalue weighted by molar-refractivity contribution is -0.129. The molecule has 1 fully saturated rings. The number of carbonyl (C=O) groups excluding carboxylic acids is 1. The normalized spacial score (nSPS) is 41.3. The van der Waals surface area contributed by atoms with E-state index in [9.17, 15) is 4.79 Å². The molecule has 4 heteroatoms. The zero-order chi connectivity index (χ0) is 27.8. The molecule has 4 nitrogen and oxygen atoms in total. The molecule has 2 aliphatic heterocycles. The van der Waals surface area contributed by atoms with Gasteiger partial charge < -0.3 is 9.47 Å². The lowest BCUT2D eigenvalue weighted by Crippen LogP contribution is -2.46. The molecule has 1 aromatic rings. The highest BCUT2D eigenvalue weighted by Crippen LogP contribution is 2.42. The summed E-state index contributed by atoms with van der Waals surface area (Å²) in [5.74, 6) is -3.21. The van der Waals surface area contributed by atoms with E-state index < -0.39 is 85.8 Å². The monoisotopic (exact) mass is 330 g/mol. The molecule has 0 amide bonds. The number of hydrogen-bond acceptors (Lipinski definition) is 4. The summed E-state index contributed by atoms with van der Waals surface area (Å²) in [5.41, 5.74) is -1.50. The Morgan fingerprint density at radius 1 is 1.43 bits per heavy atom. The largest absolute Gasteiger partial charge is 0.493 e. The van der Waals surface area contributed by atoms with Gasteiger partial charge in [0.1, 0.15) is 5.78 Å². The van der Waals surface area contributed by atoms with Crippen LogP contribution in [0.5, 0.6) is 11.5 Å². The van der Waals surface area contributed by atoms with E-state index >= 15 is 0 Å². The molecule has 2 atom stereocenters. The molecule has 0 aliphatic carbocycles. The third-order valence-electron chi connectivity index (χ3n) is 4.02. The van der Waals surface area contributed by atoms with Crippen molar-refractivity contribution >= 4 is 5.78 Å². The summed E-state index contributed by atoms with van der Waals surface area (Å²) in [7, 11) is -6.51. The van der Waals surface area contributed by atoms with Gasteiger partial charge in [0.15, 0.2) is 11.5 Å². The average Bonchev–Trinajstić information content (AvgIpc) is 2.65. The van der Waals surface area contributed by atoms with Crippen LogP contribution in [0.4, 0.5) is 0 Å². The number of Topliss-reactive ketones (excluding diaryl/α,β-unsaturated/α-hetero) is 1. The van der Waals surface area contributed by atoms with Crippen LogP contribution in [0, 0.1) is 11.8 Å². The Balaban J connectivity index is 2.41. The Bertz CT molecular complexity index is 1070. The predicted molar refractivity (Wildman–Crippen MR) is 90.1 cm³/mol. The van der Waals surface area contributed by atoms with Gasteiger partial charge in [-0.1, -0.05) is 13.8 Å². The van der Waals surface area contributed by atoms with Gasteiger partial charge in [-0.3, -0.25) is 9.69 Å². The van der Waals surface area contributed by atoms with Gasteiger partial charge in [0.05, 0.1) is 26.4 Å². The number of fused-ring (bicyclic) bond motifs is 3. The van der Waals surface area contributed by atoms with E-state index in [1.807, 2.05) is 13.8 Å². The van der Waals surface area contributed by atoms with Crippen LogP contribution in [-0.4, -0.2) is 37.8 Å². The molecule has 0 radical (unpaired) electrons. The summed E-state index contributed by atoms with van der Waals surface area (Å²) >= 11 is 0. The van der Waals surface area contributed by atoms with E-state index in [-0.39, 0.29) is 12.5 Å². The average molecular weight is 331 g/mol. The van der Waals surface area contributed by atoms with E-state index in [2.05, 4.69) is 0 Å². The molecule has 0 aromatic heterocycles. The Morgan fingerprint density at radius 3 is 2.87 bits per heavy atom. The number of nitrogens with zero attached hydrogens (tertiary/aromatic N) is 1. The quantitative estimate of drug-likeness (QED) is 0.849. The van der Waals surface area contributed by atoms with Crippen molar-refractivity contribution in [3.8, 4) is 11.5 Å². The Hall–Kier alpha value is -1.55. The van der Waals surface area contributed by atoms with Gasteiger partial charge in [0.2, 0.25) is 0 Å². The highest BCUT2D eigenvalue weighted by atomic mass is 16.5. The summed E-state index contributed by atoms with van der Waals surface area (Å²) in [6.45, 7) is 0.397. The maximum atomic E-state index is 13.0. The van der Waals surface area contributed by atoms with E-state index in [4.69, 9.17) is 27.3 Å². The molecule has 0 saturated carbocycles. The van der Waals surface area contributed by atoms with Crippen LogP contribution in [-0.2, 0) is 11.2 Å². The smallest absolute Gasteiger partial charge is 0.161 e. The molecule has 126 valence electrons. The second kappa shape index (κ2) is 6.52. The van der Waals surface area contributed by atoms with Crippen molar-refractivity contribution < 1.29 is 32.1 Å². The molecule has 3 rings (SSSR count). The summed E-state index contributed by atoms with van der Waals surface area (Å²) < 4.78 is 115. The van der Waals surface area contributed by atoms with Gasteiger partial charge in [-0.2, -0.15) is 0 Å². The fourth-order valence-corrected chi connectivity index (χ4v) is 2.99. The first-order valence-electron chi connectivity index (χ1n) is 13.9. The number of piperidine rings is 1. The van der Waals surface area contributed by atoms with Gasteiger partial charge in [-0.15, -0.1) is 0 Å². The minimum absolute atomic E-state index is 0.0438. The number of rotatable bonds is 4. The number of carbonyl (C=O) groups is 1. The van der Waals surface area contributed by atoms with Gasteiger partial charge in [-0.25, -0.2) is 0 Å². The molecule has 2 unspecified atom stereocenters. The van der Waals surface area contributed by atoms with Crippen LogP contribution in [0.3, 0.4) is 0 Å². The van der Waals surface area contributed by atoms with E-state index in [0.29, 0.717) is 6.42 Å². The van der Waals surface area contributed by atoms with Crippen LogP contribution >= 0.6 is 0 Å². The molecule has 0 N–H and O–H groups in total. The zero-order valence-electron chi connectivity index (χ0n) is 25.9. The second-order valence-electron chi connectivity index (χ2n) is 6.13. The minimum atomic E-state index is -3.26. The Labute approximate surface area is 157 Å². The number of benzene rings is 1. The number of methoxy groups -OCH3 is 2. The topological polar surface area (TPSA) is 38.8 Å². The van der Waals surface area contributed by atoms with Crippen molar-refractivity contribution in [2.45, 2.75) is 39.1 Å². The summed E-state index contributed by atoms with van der Waals surface area (Å²) in [6, 6.07) is -4.44. The van der Waals surface area contributed by atoms with Crippen molar-refractivity contribution in [2.75, 3.05) is 27.1 Å². The lowest BCUT2D eigenvalue weighted by atomic mass is 9.80. The Kier molecular flexibility index (Phi) is 1.91. The molecule has 1 saturated heterocycles. The highest BCUT2D eigenvalue weighted by molar-refractivity contribution is 5.83. The summed E-state index contributed by atoms with van der Waals surface area (Å²) in [5, 5.41) is 0. The first-order chi connectivity index (χ1) is 16.0. The van der Waals surface area contributed by atoms with Crippen LogP contribution in [0.15, 0.2) is 12.1 Å². The fraction of sp³-hybridized carbons (Fsp3) is 0.632. The maximum Gasteiger partial charge on any atom is 0.161 e. The summed E-state index contributed by atoms with van der Waals surface area (Å²) in [6.07, 6.45) is -3.40. The number of ether oxygens (including phenoxy) is 2. The molecular formula is C19H27NO3. The van der Waals surface area contributed by atoms with Crippen molar-refractivity contribution in [3.63, 3.8) is 0 Å². The van der Waals surface area contributed by atoms with Crippen molar-refractivity contribution in [2.24, 2.45) is 11.8 Å². The SMILES string of the molecule is [2H]c1c(OC([2H])([2H])[2H])c(OC([2H])([2H])[2H])c([2H])c2c1C1([2H])CC(=O)C(CC(C)C)CN1C([2H])([2H])C2([2H])[2H]. The number of hydrogen-bond donors (Lipinski definition) is 0. The molecular weight excluding hydrogens is 290 g/mol. The van der Waals surface area contributed by atoms with Gasteiger partial charge in [0, 0.05) is 36.9 Å². The van der Waals surface area contributed by atoms with E-state index in [0.717, 1.165) is 4.90 Å². The third kappa shape index (κ3) is 3.09. The zero-order valence-corrected chi connectivity index (χ0v) is 12.9. The molecule has 0 spiro atoms. The van der Waals surface area contributed by atoms with E-state index in [1.54, 1.807) is 0 Å². The second-order valence-corrected chi connectivity index (χ2v) is 6.13. The van der Waals surface area contributed by atoms with Crippen LogP contribution in [0.2, 0.25) is 0 Å². The van der Waals surface area contributed by atoms with Crippen LogP contribution < -0.4 is 9.47 Å². The van der Waals surface area contributed by atoms with Gasteiger partial charge in [-0.05, 0) is 41.9 Å². The minimum Gasteiger partial charge on any atom is -0.493 e. The first kappa shape index (κ1) is 6.75. The summed E-state index contributed by atoms with van der Waals surface area (Å²) in [4.78, 5) is 13.9. The van der Waals surface area contributed by atoms with Crippen LogP contribution in [0.25, 0.3) is 0 Å². The standard InChI is InChI=1S/C19H27NO3/c1-12(2)7-14-11-20-6-5-13-8-18(22-3)19(23-4)9-15(13)16(20)10-17(14)21/h8-9,12,14,16H,5-7,10-11H2,1-4H3/i3D3,4D3,5D2,6D2,8D,9D,16D. The van der Waals surface area contributed by atoms with Crippen molar-refractivity contribution in [1.29, 1.82) is 0 Å². The van der Waals surface area contributed by atoms with Gasteiger partial charge >= 0.3 is 0 Å². The van der Waals surface area contributed by atoms with Crippen molar-refractivity contribution in [3.05, 3.63) is 23.2 Å². The molecule has 1 aromatic carbocycles. The molecule has 2 heterocycles. The third-order valence-corrected chi connectivity index (χ3v) is 4.02. The van der Waals surface area contributed by atoms with Crippen molar-refractivity contribution in [1.82, 2.24) is 4.90 Å². The molecule has 23 heavy (non-hydrogen) atoms. The maximum absolute atomic E-state index is 13.0. The number of ketones is 1. The molecule has 0 bridgehead atoms. The van der Waals surface area contributed by atoms with Crippen LogP contribution in [0.1, 0.15) is 61.7 Å². The Morgan fingerprint density at radius 2 is 2.17 bits per heavy atom. The first-order valence-corrected chi connectivity index (χ1v) is 7.41. The van der Waals surface area contributed by atoms with E-state index in [1.165, 1.54) is 0 Å². The van der Waals surface area contributed by atoms with Gasteiger partial charge in [0.25, 0.3) is 0 Å². The molecule has 2 aliphatic rings. The predicted octanol–water partition coefficient (Wildman–Crippen LogP) is 3.24. The lowest BCUT2D eigenvalue weighted by Gasteiger charge is -2.43. The highest BCUT2D eigenvalue weighted by Gasteiger charge is 2.38. The fourth-order valence-electron chi connectivity index (χ4n) is 2.99.